The zero-order chi connectivity index (χ0) is 11.4. The normalized spacial score (nSPS) is 16.0. The monoisotopic (exact) mass is 215 g/mol. The van der Waals surface area contributed by atoms with Crippen molar-refractivity contribution < 1.29 is 0 Å². The summed E-state index contributed by atoms with van der Waals surface area (Å²) in [5.41, 5.74) is 0.496. The van der Waals surface area contributed by atoms with Gasteiger partial charge in [0.05, 0.1) is 0 Å². The second kappa shape index (κ2) is 4.98. The van der Waals surface area contributed by atoms with Gasteiger partial charge in [0.15, 0.2) is 0 Å². The van der Waals surface area contributed by atoms with Crippen molar-refractivity contribution in [1.29, 1.82) is 5.26 Å². The quantitative estimate of drug-likeness (QED) is 0.778. The Morgan fingerprint density at radius 3 is 2.88 bits per heavy atom. The van der Waals surface area contributed by atoms with Crippen LogP contribution in [0.25, 0.3) is 0 Å². The molecule has 1 aromatic heterocycles. The first-order valence-electron chi connectivity index (χ1n) is 5.88. The molecule has 0 unspecified atom stereocenters. The Hall–Kier alpha value is -1.56. The van der Waals surface area contributed by atoms with Crippen LogP contribution in [0.1, 0.15) is 31.4 Å². The fourth-order valence-corrected chi connectivity index (χ4v) is 2.37. The Morgan fingerprint density at radius 2 is 2.19 bits per heavy atom. The molecule has 0 N–H and O–H groups in total. The van der Waals surface area contributed by atoms with Crippen LogP contribution in [0, 0.1) is 17.2 Å². The van der Waals surface area contributed by atoms with Gasteiger partial charge < -0.3 is 4.90 Å². The molecule has 0 saturated heterocycles. The molecule has 1 saturated carbocycles. The molecule has 1 heterocycles. The molecule has 2 rings (SSSR count). The van der Waals surface area contributed by atoms with Crippen LogP contribution in [-0.4, -0.2) is 18.6 Å². The third-order valence-corrected chi connectivity index (χ3v) is 3.25. The van der Waals surface area contributed by atoms with Gasteiger partial charge in [0.2, 0.25) is 0 Å². The first-order chi connectivity index (χ1) is 7.79. The predicted octanol–water partition coefficient (Wildman–Crippen LogP) is 2.58. The van der Waals surface area contributed by atoms with Crippen molar-refractivity contribution in [3.8, 4) is 6.07 Å². The average molecular weight is 215 g/mol. The fourth-order valence-electron chi connectivity index (χ4n) is 2.37. The van der Waals surface area contributed by atoms with E-state index < -0.39 is 0 Å². The van der Waals surface area contributed by atoms with Crippen molar-refractivity contribution in [3.63, 3.8) is 0 Å². The standard InChI is InChI=1S/C13H17N3/c1-16(10-11-5-2-3-6-11)13-8-4-7-12(9-14)15-13/h4,7-8,11H,2-3,5-6,10H2,1H3. The van der Waals surface area contributed by atoms with Crippen LogP contribution in [0.15, 0.2) is 18.2 Å². The molecule has 3 heteroatoms. The van der Waals surface area contributed by atoms with Crippen LogP contribution in [0.3, 0.4) is 0 Å². The lowest BCUT2D eigenvalue weighted by Crippen LogP contribution is -2.24. The van der Waals surface area contributed by atoms with Gasteiger partial charge in [-0.1, -0.05) is 18.9 Å². The van der Waals surface area contributed by atoms with Crippen molar-refractivity contribution >= 4 is 5.82 Å². The van der Waals surface area contributed by atoms with E-state index in [1.54, 1.807) is 6.07 Å². The maximum atomic E-state index is 8.80. The number of hydrogen-bond acceptors (Lipinski definition) is 3. The highest BCUT2D eigenvalue weighted by Crippen LogP contribution is 2.26. The summed E-state index contributed by atoms with van der Waals surface area (Å²) < 4.78 is 0. The molecule has 0 amide bonds. The summed E-state index contributed by atoms with van der Waals surface area (Å²) in [6.07, 6.45) is 5.40. The van der Waals surface area contributed by atoms with Gasteiger partial charge in [-0.15, -0.1) is 0 Å². The van der Waals surface area contributed by atoms with E-state index >= 15 is 0 Å². The highest BCUT2D eigenvalue weighted by Gasteiger charge is 2.17. The van der Waals surface area contributed by atoms with E-state index in [4.69, 9.17) is 5.26 Å². The van der Waals surface area contributed by atoms with Gasteiger partial charge >= 0.3 is 0 Å². The Balaban J connectivity index is 2.02. The van der Waals surface area contributed by atoms with E-state index in [2.05, 4.69) is 23.0 Å². The summed E-state index contributed by atoms with van der Waals surface area (Å²) in [4.78, 5) is 6.46. The number of nitrogens with zero attached hydrogens (tertiary/aromatic N) is 3. The lowest BCUT2D eigenvalue weighted by Gasteiger charge is -2.21. The molecule has 1 aliphatic rings. The van der Waals surface area contributed by atoms with Gasteiger partial charge in [-0.2, -0.15) is 5.26 Å². The number of rotatable bonds is 3. The fraction of sp³-hybridized carbons (Fsp3) is 0.538. The zero-order valence-corrected chi connectivity index (χ0v) is 9.69. The summed E-state index contributed by atoms with van der Waals surface area (Å²) in [5, 5.41) is 8.80. The van der Waals surface area contributed by atoms with Gasteiger partial charge in [0, 0.05) is 13.6 Å². The smallest absolute Gasteiger partial charge is 0.142 e. The van der Waals surface area contributed by atoms with E-state index in [-0.39, 0.29) is 0 Å². The average Bonchev–Trinajstić information content (AvgIpc) is 2.82. The lowest BCUT2D eigenvalue weighted by molar-refractivity contribution is 0.545. The van der Waals surface area contributed by atoms with Gasteiger partial charge in [-0.25, -0.2) is 4.98 Å². The molecule has 1 aliphatic carbocycles. The summed E-state index contributed by atoms with van der Waals surface area (Å²) in [5.74, 6) is 1.71. The molecule has 0 aliphatic heterocycles. The maximum Gasteiger partial charge on any atom is 0.142 e. The number of nitriles is 1. The second-order valence-electron chi connectivity index (χ2n) is 4.52. The van der Waals surface area contributed by atoms with Crippen molar-refractivity contribution in [2.75, 3.05) is 18.5 Å². The SMILES string of the molecule is CN(CC1CCCC1)c1cccc(C#N)n1. The van der Waals surface area contributed by atoms with E-state index in [0.29, 0.717) is 5.69 Å². The molecular weight excluding hydrogens is 198 g/mol. The van der Waals surface area contributed by atoms with Gasteiger partial charge in [-0.3, -0.25) is 0 Å². The molecule has 16 heavy (non-hydrogen) atoms. The largest absolute Gasteiger partial charge is 0.359 e. The van der Waals surface area contributed by atoms with Crippen LogP contribution in [0.4, 0.5) is 5.82 Å². The molecule has 1 aromatic rings. The number of hydrogen-bond donors (Lipinski definition) is 0. The van der Waals surface area contributed by atoms with Crippen molar-refractivity contribution in [2.24, 2.45) is 5.92 Å². The Labute approximate surface area is 96.7 Å². The topological polar surface area (TPSA) is 39.9 Å². The Morgan fingerprint density at radius 1 is 1.44 bits per heavy atom. The molecule has 0 radical (unpaired) electrons. The first kappa shape index (κ1) is 10.9. The molecule has 84 valence electrons. The van der Waals surface area contributed by atoms with Crippen LogP contribution >= 0.6 is 0 Å². The minimum Gasteiger partial charge on any atom is -0.359 e. The highest BCUT2D eigenvalue weighted by molar-refractivity contribution is 5.40. The van der Waals surface area contributed by atoms with Crippen LogP contribution in [0.5, 0.6) is 0 Å². The van der Waals surface area contributed by atoms with Gasteiger partial charge in [-0.05, 0) is 30.9 Å². The van der Waals surface area contributed by atoms with Crippen molar-refractivity contribution in [1.82, 2.24) is 4.98 Å². The number of pyridine rings is 1. The predicted molar refractivity (Wildman–Crippen MR) is 64.2 cm³/mol. The number of anilines is 1. The van der Waals surface area contributed by atoms with Crippen molar-refractivity contribution in [3.05, 3.63) is 23.9 Å². The molecular formula is C13H17N3. The Bertz CT molecular complexity index is 388. The minimum absolute atomic E-state index is 0.496. The summed E-state index contributed by atoms with van der Waals surface area (Å²) in [6.45, 7) is 1.06. The van der Waals surface area contributed by atoms with Gasteiger partial charge in [0.1, 0.15) is 17.6 Å². The lowest BCUT2D eigenvalue weighted by atomic mass is 10.1. The van der Waals surface area contributed by atoms with Crippen LogP contribution in [0.2, 0.25) is 0 Å². The third kappa shape index (κ3) is 2.52. The maximum absolute atomic E-state index is 8.80. The molecule has 3 nitrogen and oxygen atoms in total. The van der Waals surface area contributed by atoms with Gasteiger partial charge in [0.25, 0.3) is 0 Å². The molecule has 0 aromatic carbocycles. The molecule has 0 bridgehead atoms. The summed E-state index contributed by atoms with van der Waals surface area (Å²) >= 11 is 0. The van der Waals surface area contributed by atoms with E-state index in [0.717, 1.165) is 18.3 Å². The van der Waals surface area contributed by atoms with Crippen molar-refractivity contribution in [2.45, 2.75) is 25.7 Å². The molecule has 0 atom stereocenters. The van der Waals surface area contributed by atoms with E-state index in [9.17, 15) is 0 Å². The zero-order valence-electron chi connectivity index (χ0n) is 9.69. The van der Waals surface area contributed by atoms with E-state index in [1.807, 2.05) is 12.1 Å². The minimum atomic E-state index is 0.496. The van der Waals surface area contributed by atoms with Crippen LogP contribution in [-0.2, 0) is 0 Å². The second-order valence-corrected chi connectivity index (χ2v) is 4.52. The molecule has 1 fully saturated rings. The highest BCUT2D eigenvalue weighted by atomic mass is 15.2. The summed E-state index contributed by atoms with van der Waals surface area (Å²) in [6, 6.07) is 7.68. The Kier molecular flexibility index (Phi) is 3.40. The molecule has 0 spiro atoms. The van der Waals surface area contributed by atoms with Crippen LogP contribution < -0.4 is 4.90 Å². The third-order valence-electron chi connectivity index (χ3n) is 3.25. The first-order valence-corrected chi connectivity index (χ1v) is 5.88. The number of aromatic nitrogens is 1. The summed E-state index contributed by atoms with van der Waals surface area (Å²) in [7, 11) is 2.06. The van der Waals surface area contributed by atoms with E-state index in [1.165, 1.54) is 25.7 Å².